The Hall–Kier alpha value is -0.330. The Morgan fingerprint density at radius 2 is 1.67 bits per heavy atom. The van der Waals surface area contributed by atoms with Gasteiger partial charge in [0, 0.05) is 12.3 Å². The highest BCUT2D eigenvalue weighted by Crippen LogP contribution is 2.01. The third-order valence-corrected chi connectivity index (χ3v) is 2.04. The standard InChI is InChI=1S/C11H23N/c1-4-6-8-9-11(3)12-10-7-5-2/h4-10H2,1-3H3. The summed E-state index contributed by atoms with van der Waals surface area (Å²) in [6, 6.07) is 0. The zero-order valence-electron chi connectivity index (χ0n) is 8.90. The summed E-state index contributed by atoms with van der Waals surface area (Å²) < 4.78 is 0. The lowest BCUT2D eigenvalue weighted by molar-refractivity contribution is 0.736. The Labute approximate surface area is 77.3 Å². The molecular formula is C11H23N. The zero-order valence-corrected chi connectivity index (χ0v) is 8.90. The highest BCUT2D eigenvalue weighted by molar-refractivity contribution is 5.81. The van der Waals surface area contributed by atoms with Gasteiger partial charge in [0.05, 0.1) is 0 Å². The summed E-state index contributed by atoms with van der Waals surface area (Å²) in [4.78, 5) is 4.50. The van der Waals surface area contributed by atoms with Crippen LogP contribution in [0.2, 0.25) is 0 Å². The number of rotatable bonds is 7. The zero-order chi connectivity index (χ0) is 9.23. The Bertz CT molecular complexity index is 116. The first-order valence-corrected chi connectivity index (χ1v) is 5.31. The predicted octanol–water partition coefficient (Wildman–Crippen LogP) is 3.83. The van der Waals surface area contributed by atoms with Crippen LogP contribution in [0.15, 0.2) is 4.99 Å². The molecule has 0 aromatic heterocycles. The van der Waals surface area contributed by atoms with Gasteiger partial charge in [-0.05, 0) is 26.2 Å². The lowest BCUT2D eigenvalue weighted by atomic mass is 10.1. The Kier molecular flexibility index (Phi) is 8.52. The molecule has 0 unspecified atom stereocenters. The second-order valence-corrected chi connectivity index (χ2v) is 3.43. The fourth-order valence-corrected chi connectivity index (χ4v) is 1.14. The molecule has 0 aliphatic heterocycles. The van der Waals surface area contributed by atoms with Gasteiger partial charge in [-0.3, -0.25) is 4.99 Å². The molecule has 0 aromatic carbocycles. The number of aliphatic imine (C=N–C) groups is 1. The highest BCUT2D eigenvalue weighted by atomic mass is 14.7. The molecule has 0 aromatic rings. The third-order valence-electron chi connectivity index (χ3n) is 2.04. The van der Waals surface area contributed by atoms with Crippen LogP contribution in [-0.4, -0.2) is 12.3 Å². The second kappa shape index (κ2) is 8.76. The van der Waals surface area contributed by atoms with Gasteiger partial charge in [-0.15, -0.1) is 0 Å². The molecule has 0 aliphatic carbocycles. The van der Waals surface area contributed by atoms with Crippen LogP contribution in [0.1, 0.15) is 59.3 Å². The van der Waals surface area contributed by atoms with E-state index in [1.165, 1.54) is 44.2 Å². The minimum absolute atomic E-state index is 1.04. The largest absolute Gasteiger partial charge is 0.294 e. The van der Waals surface area contributed by atoms with Crippen molar-refractivity contribution in [3.63, 3.8) is 0 Å². The highest BCUT2D eigenvalue weighted by Gasteiger charge is 1.90. The van der Waals surface area contributed by atoms with Crippen LogP contribution in [0.3, 0.4) is 0 Å². The Balaban J connectivity index is 3.29. The van der Waals surface area contributed by atoms with E-state index < -0.39 is 0 Å². The van der Waals surface area contributed by atoms with E-state index in [0.29, 0.717) is 0 Å². The smallest absolute Gasteiger partial charge is 0.0388 e. The summed E-state index contributed by atoms with van der Waals surface area (Å²) in [5, 5.41) is 0. The van der Waals surface area contributed by atoms with Crippen molar-refractivity contribution in [2.24, 2.45) is 4.99 Å². The average Bonchev–Trinajstić information content (AvgIpc) is 2.06. The van der Waals surface area contributed by atoms with Crippen LogP contribution in [-0.2, 0) is 0 Å². The van der Waals surface area contributed by atoms with E-state index in [0.717, 1.165) is 6.54 Å². The molecule has 0 aliphatic rings. The first-order valence-electron chi connectivity index (χ1n) is 5.31. The van der Waals surface area contributed by atoms with Crippen LogP contribution in [0.4, 0.5) is 0 Å². The van der Waals surface area contributed by atoms with Gasteiger partial charge in [-0.2, -0.15) is 0 Å². The molecule has 0 heterocycles. The van der Waals surface area contributed by atoms with E-state index >= 15 is 0 Å². The summed E-state index contributed by atoms with van der Waals surface area (Å²) in [7, 11) is 0. The monoisotopic (exact) mass is 169 g/mol. The van der Waals surface area contributed by atoms with E-state index in [4.69, 9.17) is 0 Å². The molecule has 0 saturated heterocycles. The van der Waals surface area contributed by atoms with E-state index in [1.54, 1.807) is 0 Å². The van der Waals surface area contributed by atoms with Crippen molar-refractivity contribution in [1.29, 1.82) is 0 Å². The molecule has 0 bridgehead atoms. The van der Waals surface area contributed by atoms with Crippen LogP contribution < -0.4 is 0 Å². The van der Waals surface area contributed by atoms with Crippen molar-refractivity contribution < 1.29 is 0 Å². The normalized spacial score (nSPS) is 12.1. The van der Waals surface area contributed by atoms with E-state index in [-0.39, 0.29) is 0 Å². The minimum Gasteiger partial charge on any atom is -0.294 e. The quantitative estimate of drug-likeness (QED) is 0.406. The second-order valence-electron chi connectivity index (χ2n) is 3.43. The van der Waals surface area contributed by atoms with Crippen LogP contribution in [0, 0.1) is 0 Å². The molecule has 0 radical (unpaired) electrons. The topological polar surface area (TPSA) is 12.4 Å². The fourth-order valence-electron chi connectivity index (χ4n) is 1.14. The molecule has 72 valence electrons. The molecule has 0 rings (SSSR count). The molecule has 1 heteroatoms. The molecule has 0 saturated carbocycles. The number of hydrogen-bond acceptors (Lipinski definition) is 1. The minimum atomic E-state index is 1.04. The van der Waals surface area contributed by atoms with Crippen molar-refractivity contribution in [2.45, 2.75) is 59.3 Å². The van der Waals surface area contributed by atoms with Gasteiger partial charge >= 0.3 is 0 Å². The maximum Gasteiger partial charge on any atom is 0.0388 e. The number of nitrogens with zero attached hydrogens (tertiary/aromatic N) is 1. The van der Waals surface area contributed by atoms with Crippen molar-refractivity contribution in [2.75, 3.05) is 6.54 Å². The third kappa shape index (κ3) is 7.77. The Morgan fingerprint density at radius 1 is 1.00 bits per heavy atom. The number of hydrogen-bond donors (Lipinski definition) is 0. The summed E-state index contributed by atoms with van der Waals surface area (Å²) in [6.45, 7) is 7.64. The van der Waals surface area contributed by atoms with Gasteiger partial charge < -0.3 is 0 Å². The molecule has 0 spiro atoms. The molecule has 0 atom stereocenters. The van der Waals surface area contributed by atoms with Crippen molar-refractivity contribution in [3.05, 3.63) is 0 Å². The van der Waals surface area contributed by atoms with Gasteiger partial charge in [-0.25, -0.2) is 0 Å². The summed E-state index contributed by atoms with van der Waals surface area (Å²) in [6.07, 6.45) is 7.68. The lowest BCUT2D eigenvalue weighted by Crippen LogP contribution is -1.93. The van der Waals surface area contributed by atoms with Gasteiger partial charge in [0.1, 0.15) is 0 Å². The molecule has 0 N–H and O–H groups in total. The summed E-state index contributed by atoms with van der Waals surface area (Å²) in [5.74, 6) is 0. The van der Waals surface area contributed by atoms with Crippen molar-refractivity contribution in [1.82, 2.24) is 0 Å². The van der Waals surface area contributed by atoms with Crippen molar-refractivity contribution in [3.8, 4) is 0 Å². The lowest BCUT2D eigenvalue weighted by Gasteiger charge is -1.99. The molecular weight excluding hydrogens is 146 g/mol. The summed E-state index contributed by atoms with van der Waals surface area (Å²) >= 11 is 0. The first kappa shape index (κ1) is 11.7. The summed E-state index contributed by atoms with van der Waals surface area (Å²) in [5.41, 5.74) is 1.34. The molecule has 1 nitrogen and oxygen atoms in total. The van der Waals surface area contributed by atoms with Gasteiger partial charge in [0.25, 0.3) is 0 Å². The van der Waals surface area contributed by atoms with Crippen molar-refractivity contribution >= 4 is 5.71 Å². The van der Waals surface area contributed by atoms with E-state index in [1.807, 2.05) is 0 Å². The average molecular weight is 169 g/mol. The number of unbranched alkanes of at least 4 members (excludes halogenated alkanes) is 3. The van der Waals surface area contributed by atoms with Crippen LogP contribution in [0.5, 0.6) is 0 Å². The van der Waals surface area contributed by atoms with E-state index in [9.17, 15) is 0 Å². The Morgan fingerprint density at radius 3 is 2.25 bits per heavy atom. The van der Waals surface area contributed by atoms with Crippen LogP contribution in [0.25, 0.3) is 0 Å². The predicted molar refractivity (Wildman–Crippen MR) is 57.0 cm³/mol. The van der Waals surface area contributed by atoms with Gasteiger partial charge in [0.2, 0.25) is 0 Å². The van der Waals surface area contributed by atoms with E-state index in [2.05, 4.69) is 25.8 Å². The SMILES string of the molecule is CCCCCC(C)=NCCCC. The first-order chi connectivity index (χ1) is 5.81. The maximum absolute atomic E-state index is 4.50. The molecule has 12 heavy (non-hydrogen) atoms. The van der Waals surface area contributed by atoms with Gasteiger partial charge in [-0.1, -0.05) is 33.1 Å². The van der Waals surface area contributed by atoms with Crippen LogP contribution >= 0.6 is 0 Å². The molecule has 0 amide bonds. The molecule has 0 fully saturated rings. The van der Waals surface area contributed by atoms with Gasteiger partial charge in [0.15, 0.2) is 0 Å². The maximum atomic E-state index is 4.50. The fraction of sp³-hybridized carbons (Fsp3) is 0.909.